The number of likely N-dealkylation sites (tertiary alicyclic amines) is 1. The number of carboxylic acid groups (broad SMARTS) is 1. The van der Waals surface area contributed by atoms with Crippen molar-refractivity contribution >= 4 is 17.8 Å². The van der Waals surface area contributed by atoms with Crippen LogP contribution in [0.15, 0.2) is 48.5 Å². The number of hydrogen-bond donors (Lipinski definition) is 2. The van der Waals surface area contributed by atoms with Crippen LogP contribution in [0.5, 0.6) is 0 Å². The number of aryl methyl sites for hydroxylation is 1. The van der Waals surface area contributed by atoms with Crippen molar-refractivity contribution in [2.75, 3.05) is 13.1 Å². The highest BCUT2D eigenvalue weighted by molar-refractivity contribution is 5.86. The molecule has 1 aliphatic carbocycles. The predicted octanol–water partition coefficient (Wildman–Crippen LogP) is 4.59. The molecule has 186 valence electrons. The summed E-state index contributed by atoms with van der Waals surface area (Å²) in [6.45, 7) is 3.13. The van der Waals surface area contributed by atoms with Gasteiger partial charge in [0.15, 0.2) is 0 Å². The molecule has 0 aromatic heterocycles. The van der Waals surface area contributed by atoms with Crippen molar-refractivity contribution in [3.05, 3.63) is 59.7 Å². The maximum Gasteiger partial charge on any atom is 0.326 e. The molecule has 0 radical (unpaired) electrons. The Balaban J connectivity index is 1.35. The van der Waals surface area contributed by atoms with Crippen molar-refractivity contribution in [3.8, 4) is 11.1 Å². The third kappa shape index (κ3) is 6.50. The molecular weight excluding hydrogens is 440 g/mol. The van der Waals surface area contributed by atoms with E-state index < -0.39 is 12.0 Å². The summed E-state index contributed by atoms with van der Waals surface area (Å²) in [5.74, 6) is -1.42. The highest BCUT2D eigenvalue weighted by Crippen LogP contribution is 2.28. The minimum Gasteiger partial charge on any atom is -0.480 e. The van der Waals surface area contributed by atoms with Gasteiger partial charge in [-0.05, 0) is 49.3 Å². The molecule has 1 saturated carbocycles. The molecule has 2 N–H and O–H groups in total. The lowest BCUT2D eigenvalue weighted by Crippen LogP contribution is -2.51. The standard InChI is InChI=1S/C29H36N2O4/c1-20-9-13-22(14-10-20)23-15-11-21(12-16-23)18-26(29(34)35)30-27(32)25-8-5-17-31(19-25)28(33)24-6-3-2-4-7-24/h9-16,24-26H,2-8,17-19H2,1H3,(H,30,32)(H,34,35)/t25?,26-/m0/s1. The van der Waals surface area contributed by atoms with Gasteiger partial charge in [0.2, 0.25) is 11.8 Å². The molecule has 2 aromatic carbocycles. The zero-order valence-corrected chi connectivity index (χ0v) is 20.5. The summed E-state index contributed by atoms with van der Waals surface area (Å²) in [4.78, 5) is 39.7. The minimum atomic E-state index is -1.05. The molecular formula is C29H36N2O4. The van der Waals surface area contributed by atoms with Gasteiger partial charge >= 0.3 is 5.97 Å². The molecule has 2 aliphatic rings. The summed E-state index contributed by atoms with van der Waals surface area (Å²) in [5, 5.41) is 12.5. The predicted molar refractivity (Wildman–Crippen MR) is 136 cm³/mol. The summed E-state index contributed by atoms with van der Waals surface area (Å²) in [6.07, 6.45) is 6.94. The van der Waals surface area contributed by atoms with Crippen LogP contribution in [0.2, 0.25) is 0 Å². The molecule has 2 aromatic rings. The maximum atomic E-state index is 13.0. The Kier molecular flexibility index (Phi) is 8.21. The van der Waals surface area contributed by atoms with Crippen LogP contribution in [-0.4, -0.2) is 46.9 Å². The van der Waals surface area contributed by atoms with Crippen LogP contribution in [0.1, 0.15) is 56.1 Å². The smallest absolute Gasteiger partial charge is 0.326 e. The second-order valence-corrected chi connectivity index (χ2v) is 10.1. The van der Waals surface area contributed by atoms with Crippen LogP contribution in [0.3, 0.4) is 0 Å². The van der Waals surface area contributed by atoms with E-state index in [1.54, 1.807) is 0 Å². The van der Waals surface area contributed by atoms with Crippen LogP contribution in [0.4, 0.5) is 0 Å². The van der Waals surface area contributed by atoms with E-state index in [2.05, 4.69) is 29.6 Å². The number of carbonyl (C=O) groups excluding carboxylic acids is 2. The van der Waals surface area contributed by atoms with Gasteiger partial charge in [0, 0.05) is 25.4 Å². The van der Waals surface area contributed by atoms with Gasteiger partial charge in [-0.25, -0.2) is 4.79 Å². The number of piperidine rings is 1. The first kappa shape index (κ1) is 25.0. The number of benzene rings is 2. The van der Waals surface area contributed by atoms with Crippen molar-refractivity contribution in [1.82, 2.24) is 10.2 Å². The van der Waals surface area contributed by atoms with Gasteiger partial charge in [0.25, 0.3) is 0 Å². The molecule has 1 unspecified atom stereocenters. The average Bonchev–Trinajstić information content (AvgIpc) is 2.89. The van der Waals surface area contributed by atoms with Crippen molar-refractivity contribution in [1.29, 1.82) is 0 Å². The molecule has 1 aliphatic heterocycles. The molecule has 2 fully saturated rings. The third-order valence-electron chi connectivity index (χ3n) is 7.45. The lowest BCUT2D eigenvalue weighted by atomic mass is 9.87. The minimum absolute atomic E-state index is 0.0835. The summed E-state index contributed by atoms with van der Waals surface area (Å²) in [6, 6.07) is 15.1. The topological polar surface area (TPSA) is 86.7 Å². The Morgan fingerprint density at radius 3 is 2.11 bits per heavy atom. The van der Waals surface area contributed by atoms with Crippen molar-refractivity contribution in [2.45, 2.75) is 64.3 Å². The SMILES string of the molecule is Cc1ccc(-c2ccc(C[C@H](NC(=O)C3CCCN(C(=O)C4CCCCC4)C3)C(=O)O)cc2)cc1. The largest absolute Gasteiger partial charge is 0.480 e. The summed E-state index contributed by atoms with van der Waals surface area (Å²) in [7, 11) is 0. The van der Waals surface area contributed by atoms with Crippen LogP contribution in [-0.2, 0) is 20.8 Å². The highest BCUT2D eigenvalue weighted by Gasteiger charge is 2.33. The highest BCUT2D eigenvalue weighted by atomic mass is 16.4. The van der Waals surface area contributed by atoms with Gasteiger partial charge in [-0.2, -0.15) is 0 Å². The molecule has 2 amide bonds. The summed E-state index contributed by atoms with van der Waals surface area (Å²) >= 11 is 0. The fourth-order valence-electron chi connectivity index (χ4n) is 5.30. The van der Waals surface area contributed by atoms with Gasteiger partial charge in [-0.3, -0.25) is 9.59 Å². The number of carbonyl (C=O) groups is 3. The zero-order valence-electron chi connectivity index (χ0n) is 20.5. The van der Waals surface area contributed by atoms with Crippen molar-refractivity contribution in [3.63, 3.8) is 0 Å². The van der Waals surface area contributed by atoms with Crippen LogP contribution in [0, 0.1) is 18.8 Å². The van der Waals surface area contributed by atoms with Crippen LogP contribution >= 0.6 is 0 Å². The molecule has 0 spiro atoms. The van der Waals surface area contributed by atoms with Crippen LogP contribution < -0.4 is 5.32 Å². The van der Waals surface area contributed by atoms with E-state index in [4.69, 9.17) is 0 Å². The quantitative estimate of drug-likeness (QED) is 0.612. The normalized spacial score (nSPS) is 19.7. The Morgan fingerprint density at radius 2 is 1.49 bits per heavy atom. The Morgan fingerprint density at radius 1 is 0.886 bits per heavy atom. The van der Waals surface area contributed by atoms with Gasteiger partial charge in [-0.15, -0.1) is 0 Å². The Hall–Kier alpha value is -3.15. The summed E-state index contributed by atoms with van der Waals surface area (Å²) in [5.41, 5.74) is 4.22. The lowest BCUT2D eigenvalue weighted by Gasteiger charge is -2.35. The first-order chi connectivity index (χ1) is 16.9. The molecule has 1 heterocycles. The van der Waals surface area contributed by atoms with Crippen molar-refractivity contribution < 1.29 is 19.5 Å². The number of amides is 2. The number of nitrogens with zero attached hydrogens (tertiary/aromatic N) is 1. The number of hydrogen-bond acceptors (Lipinski definition) is 3. The van der Waals surface area contributed by atoms with Gasteiger partial charge in [-0.1, -0.05) is 73.4 Å². The van der Waals surface area contributed by atoms with E-state index in [0.29, 0.717) is 19.5 Å². The second kappa shape index (κ2) is 11.5. The Labute approximate surface area is 207 Å². The maximum absolute atomic E-state index is 13.0. The fourth-order valence-corrected chi connectivity index (χ4v) is 5.30. The average molecular weight is 477 g/mol. The number of nitrogens with one attached hydrogen (secondary N) is 1. The van der Waals surface area contributed by atoms with Gasteiger partial charge in [0.05, 0.1) is 5.92 Å². The van der Waals surface area contributed by atoms with E-state index in [9.17, 15) is 19.5 Å². The number of aliphatic carboxylic acids is 1. The monoisotopic (exact) mass is 476 g/mol. The molecule has 6 nitrogen and oxygen atoms in total. The lowest BCUT2D eigenvalue weighted by molar-refractivity contribution is -0.144. The molecule has 4 rings (SSSR count). The number of carboxylic acids is 1. The molecule has 6 heteroatoms. The van der Waals surface area contributed by atoms with E-state index in [-0.39, 0.29) is 30.1 Å². The van der Waals surface area contributed by atoms with Gasteiger partial charge in [0.1, 0.15) is 6.04 Å². The summed E-state index contributed by atoms with van der Waals surface area (Å²) < 4.78 is 0. The van der Waals surface area contributed by atoms with E-state index in [1.165, 1.54) is 12.0 Å². The van der Waals surface area contributed by atoms with E-state index in [1.807, 2.05) is 36.1 Å². The fraction of sp³-hybridized carbons (Fsp3) is 0.483. The molecule has 35 heavy (non-hydrogen) atoms. The number of rotatable bonds is 7. The van der Waals surface area contributed by atoms with Crippen LogP contribution in [0.25, 0.3) is 11.1 Å². The second-order valence-electron chi connectivity index (χ2n) is 10.1. The first-order valence-corrected chi connectivity index (χ1v) is 12.9. The van der Waals surface area contributed by atoms with E-state index in [0.717, 1.165) is 48.8 Å². The molecule has 2 atom stereocenters. The van der Waals surface area contributed by atoms with Crippen molar-refractivity contribution in [2.24, 2.45) is 11.8 Å². The zero-order chi connectivity index (χ0) is 24.8. The van der Waals surface area contributed by atoms with Gasteiger partial charge < -0.3 is 15.3 Å². The molecule has 1 saturated heterocycles. The third-order valence-corrected chi connectivity index (χ3v) is 7.45. The Bertz CT molecular complexity index is 1030. The van der Waals surface area contributed by atoms with E-state index >= 15 is 0 Å². The molecule has 0 bridgehead atoms. The first-order valence-electron chi connectivity index (χ1n) is 12.9.